The van der Waals surface area contributed by atoms with Gasteiger partial charge in [0.25, 0.3) is 11.8 Å². The van der Waals surface area contributed by atoms with Gasteiger partial charge in [0.05, 0.1) is 17.3 Å². The Balaban J connectivity index is 0.977. The predicted molar refractivity (Wildman–Crippen MR) is 209 cm³/mol. The molecule has 4 N–H and O–H groups in total. The highest BCUT2D eigenvalue weighted by molar-refractivity contribution is 5.98. The van der Waals surface area contributed by atoms with Gasteiger partial charge in [0.15, 0.2) is 5.65 Å². The number of anilines is 1. The molecule has 11 nitrogen and oxygen atoms in total. The quantitative estimate of drug-likeness (QED) is 0.125. The van der Waals surface area contributed by atoms with Crippen LogP contribution in [0.3, 0.4) is 0 Å². The number of carbonyl (C=O) groups excluding carboxylic acids is 2. The lowest BCUT2D eigenvalue weighted by Gasteiger charge is -2.27. The van der Waals surface area contributed by atoms with Crippen molar-refractivity contribution in [3.05, 3.63) is 113 Å². The largest absolute Gasteiger partial charge is 0.381 e. The number of piperazine rings is 1. The summed E-state index contributed by atoms with van der Waals surface area (Å²) in [4.78, 5) is 34.0. The lowest BCUT2D eigenvalue weighted by molar-refractivity contribution is 0.0904. The van der Waals surface area contributed by atoms with Gasteiger partial charge in [-0.25, -0.2) is 9.67 Å². The van der Waals surface area contributed by atoms with Crippen molar-refractivity contribution in [2.24, 2.45) is 0 Å². The van der Waals surface area contributed by atoms with Gasteiger partial charge in [-0.05, 0) is 84.8 Å². The number of rotatable bonds is 13. The molecule has 0 unspecified atom stereocenters. The minimum absolute atomic E-state index is 0.191. The fourth-order valence-electron chi connectivity index (χ4n) is 7.27. The molecule has 0 aliphatic carbocycles. The standard InChI is InChI=1S/C42H50N8O3/c1-3-38-36(39(47-35-15-21-53-22-16-35)37-27-46-50(4-2)40(37)48-38)26-45-42(52)32-13-11-31(12-14-32)41(51)44-25-29-7-5-9-33(23-29)34-10-6-8-30(24-34)28-49-19-17-43-18-20-49/h5-14,23-24,27,35,43H,3-4,15-22,25-26,28H2,1-2H3,(H,44,51)(H,45,52)(H,47,48). The Labute approximate surface area is 311 Å². The number of benzene rings is 3. The van der Waals surface area contributed by atoms with E-state index in [2.05, 4.69) is 81.5 Å². The highest BCUT2D eigenvalue weighted by Crippen LogP contribution is 2.31. The molecule has 2 fully saturated rings. The van der Waals surface area contributed by atoms with Gasteiger partial charge in [0.1, 0.15) is 0 Å². The van der Waals surface area contributed by atoms with Gasteiger partial charge < -0.3 is 26.0 Å². The number of carbonyl (C=O) groups is 2. The summed E-state index contributed by atoms with van der Waals surface area (Å²) >= 11 is 0. The molecule has 276 valence electrons. The monoisotopic (exact) mass is 714 g/mol. The molecule has 0 spiro atoms. The van der Waals surface area contributed by atoms with Crippen molar-refractivity contribution in [2.45, 2.75) is 65.3 Å². The van der Waals surface area contributed by atoms with Crippen molar-refractivity contribution < 1.29 is 14.3 Å². The average molecular weight is 715 g/mol. The molecule has 11 heteroatoms. The first-order chi connectivity index (χ1) is 26.0. The van der Waals surface area contributed by atoms with Gasteiger partial charge in [-0.1, -0.05) is 43.3 Å². The Hall–Kier alpha value is -5.10. The Morgan fingerprint density at radius 2 is 1.49 bits per heavy atom. The van der Waals surface area contributed by atoms with Crippen LogP contribution in [0.1, 0.15) is 69.8 Å². The van der Waals surface area contributed by atoms with Gasteiger partial charge in [-0.15, -0.1) is 0 Å². The van der Waals surface area contributed by atoms with Crippen molar-refractivity contribution in [3.8, 4) is 11.1 Å². The maximum Gasteiger partial charge on any atom is 0.251 e. The van der Waals surface area contributed by atoms with E-state index in [1.54, 1.807) is 24.3 Å². The van der Waals surface area contributed by atoms with E-state index in [0.29, 0.717) is 24.2 Å². The van der Waals surface area contributed by atoms with Crippen LogP contribution in [0.4, 0.5) is 5.69 Å². The van der Waals surface area contributed by atoms with Crippen LogP contribution in [-0.2, 0) is 37.3 Å². The van der Waals surface area contributed by atoms with Gasteiger partial charge in [-0.2, -0.15) is 5.10 Å². The molecule has 3 aromatic carbocycles. The average Bonchev–Trinajstić information content (AvgIpc) is 3.63. The van der Waals surface area contributed by atoms with Gasteiger partial charge >= 0.3 is 0 Å². The number of nitrogens with zero attached hydrogens (tertiary/aromatic N) is 4. The van der Waals surface area contributed by atoms with Crippen molar-refractivity contribution in [1.82, 2.24) is 35.6 Å². The molecular formula is C42H50N8O3. The van der Waals surface area contributed by atoms with Crippen LogP contribution in [0.5, 0.6) is 0 Å². The number of amides is 2. The number of aryl methyl sites for hydroxylation is 2. The second kappa shape index (κ2) is 17.2. The summed E-state index contributed by atoms with van der Waals surface area (Å²) in [5.41, 5.74) is 9.33. The number of pyridine rings is 1. The smallest absolute Gasteiger partial charge is 0.251 e. The first-order valence-corrected chi connectivity index (χ1v) is 19.0. The van der Waals surface area contributed by atoms with Crippen LogP contribution in [-0.4, -0.2) is 76.9 Å². The molecule has 7 rings (SSSR count). The first-order valence-electron chi connectivity index (χ1n) is 19.0. The summed E-state index contributed by atoms with van der Waals surface area (Å²) in [6.45, 7) is 12.2. The van der Waals surface area contributed by atoms with Crippen molar-refractivity contribution >= 4 is 28.5 Å². The van der Waals surface area contributed by atoms with E-state index in [4.69, 9.17) is 9.72 Å². The number of fused-ring (bicyclic) bond motifs is 1. The molecule has 0 atom stereocenters. The third kappa shape index (κ3) is 8.76. The Morgan fingerprint density at radius 1 is 0.849 bits per heavy atom. The van der Waals surface area contributed by atoms with Gasteiger partial charge in [-0.3, -0.25) is 14.5 Å². The van der Waals surface area contributed by atoms with Gasteiger partial charge in [0, 0.05) is 94.0 Å². The molecule has 0 saturated carbocycles. The zero-order valence-electron chi connectivity index (χ0n) is 30.8. The van der Waals surface area contributed by atoms with Crippen molar-refractivity contribution in [2.75, 3.05) is 44.7 Å². The molecule has 53 heavy (non-hydrogen) atoms. The maximum absolute atomic E-state index is 13.4. The third-order valence-corrected chi connectivity index (χ3v) is 10.3. The zero-order chi connectivity index (χ0) is 36.6. The number of ether oxygens (including phenoxy) is 1. The number of hydrogen-bond donors (Lipinski definition) is 4. The highest BCUT2D eigenvalue weighted by Gasteiger charge is 2.22. The third-order valence-electron chi connectivity index (χ3n) is 10.3. The van der Waals surface area contributed by atoms with E-state index in [1.807, 2.05) is 23.0 Å². The lowest BCUT2D eigenvalue weighted by Crippen LogP contribution is -2.42. The molecule has 2 saturated heterocycles. The predicted octanol–water partition coefficient (Wildman–Crippen LogP) is 5.54. The molecule has 2 aromatic heterocycles. The SMILES string of the molecule is CCc1nc2c(cnn2CC)c(NC2CCOCC2)c1CNC(=O)c1ccc(C(=O)NCc2cccc(-c3cccc(CN4CCNCC4)c3)c2)cc1. The Kier molecular flexibility index (Phi) is 11.7. The molecule has 2 aliphatic rings. The summed E-state index contributed by atoms with van der Waals surface area (Å²) in [6, 6.07) is 24.1. The molecular weight excluding hydrogens is 665 g/mol. The second-order valence-electron chi connectivity index (χ2n) is 13.9. The fraction of sp³-hybridized carbons (Fsp3) is 0.381. The lowest BCUT2D eigenvalue weighted by atomic mass is 10.0. The summed E-state index contributed by atoms with van der Waals surface area (Å²) < 4.78 is 7.51. The Morgan fingerprint density at radius 3 is 2.15 bits per heavy atom. The van der Waals surface area contributed by atoms with E-state index in [9.17, 15) is 9.59 Å². The van der Waals surface area contributed by atoms with Crippen LogP contribution < -0.4 is 21.3 Å². The normalized spacial score (nSPS) is 15.4. The maximum atomic E-state index is 13.4. The van der Waals surface area contributed by atoms with Crippen LogP contribution >= 0.6 is 0 Å². The van der Waals surface area contributed by atoms with E-state index in [1.165, 1.54) is 11.1 Å². The number of nitrogens with one attached hydrogen (secondary N) is 4. The molecule has 4 heterocycles. The highest BCUT2D eigenvalue weighted by atomic mass is 16.5. The molecule has 5 aromatic rings. The molecule has 0 radical (unpaired) electrons. The summed E-state index contributed by atoms with van der Waals surface area (Å²) in [6.07, 6.45) is 4.42. The van der Waals surface area contributed by atoms with E-state index >= 15 is 0 Å². The minimum atomic E-state index is -0.214. The summed E-state index contributed by atoms with van der Waals surface area (Å²) in [7, 11) is 0. The van der Waals surface area contributed by atoms with Crippen LogP contribution in [0.15, 0.2) is 79.0 Å². The second-order valence-corrected chi connectivity index (χ2v) is 13.9. The number of hydrogen-bond acceptors (Lipinski definition) is 8. The van der Waals surface area contributed by atoms with Crippen molar-refractivity contribution in [3.63, 3.8) is 0 Å². The summed E-state index contributed by atoms with van der Waals surface area (Å²) in [5.74, 6) is -0.405. The topological polar surface area (TPSA) is 125 Å². The molecule has 2 aliphatic heterocycles. The first kappa shape index (κ1) is 36.3. The molecule has 0 bridgehead atoms. The number of aromatic nitrogens is 3. The van der Waals surface area contributed by atoms with Crippen LogP contribution in [0.25, 0.3) is 22.2 Å². The fourth-order valence-corrected chi connectivity index (χ4v) is 7.27. The van der Waals surface area contributed by atoms with Crippen LogP contribution in [0, 0.1) is 0 Å². The van der Waals surface area contributed by atoms with E-state index in [0.717, 1.165) is 111 Å². The van der Waals surface area contributed by atoms with E-state index < -0.39 is 0 Å². The van der Waals surface area contributed by atoms with Crippen molar-refractivity contribution in [1.29, 1.82) is 0 Å². The van der Waals surface area contributed by atoms with E-state index in [-0.39, 0.29) is 17.9 Å². The zero-order valence-corrected chi connectivity index (χ0v) is 30.8. The van der Waals surface area contributed by atoms with Gasteiger partial charge in [0.2, 0.25) is 0 Å². The summed E-state index contributed by atoms with van der Waals surface area (Å²) in [5, 5.41) is 18.9. The molecule has 2 amide bonds. The Bertz CT molecular complexity index is 2030. The van der Waals surface area contributed by atoms with Crippen LogP contribution in [0.2, 0.25) is 0 Å². The minimum Gasteiger partial charge on any atom is -0.381 e.